The standard InChI is InChI=1S/C29H24ClN7O11S3/c30-27-35-28(33-13-4-3-5-15(10-13)49(40,41)42)37-29(36-27)34-18-11-14(8-9-20(18)50(43,44)45)32-19-12-21(51(46,47)48)24(31)23-22(19)25(38)16-6-1-2-7-17(16)26(23)39/h1-12,25-26,32,38-39H,31H2,(H,40,41,42)(H,43,44,45)(H,46,47,48)(H2,33,34,35,36,37)/p-3. The molecule has 2 atom stereocenters. The molecule has 18 nitrogen and oxygen atoms in total. The summed E-state index contributed by atoms with van der Waals surface area (Å²) in [6.45, 7) is 0. The molecule has 1 aliphatic carbocycles. The highest BCUT2D eigenvalue weighted by Gasteiger charge is 2.35. The molecule has 0 amide bonds. The van der Waals surface area contributed by atoms with Crippen molar-refractivity contribution in [2.45, 2.75) is 26.9 Å². The van der Waals surface area contributed by atoms with Gasteiger partial charge in [0.05, 0.1) is 26.1 Å². The molecule has 0 saturated heterocycles. The number of aromatic nitrogens is 3. The molecule has 51 heavy (non-hydrogen) atoms. The number of halogens is 1. The van der Waals surface area contributed by atoms with E-state index in [1.807, 2.05) is 0 Å². The number of aliphatic hydroxyl groups excluding tert-OH is 2. The third-order valence-corrected chi connectivity index (χ3v) is 10.3. The number of aliphatic hydroxyl groups is 2. The zero-order chi connectivity index (χ0) is 37.0. The van der Waals surface area contributed by atoms with Crippen molar-refractivity contribution in [2.24, 2.45) is 0 Å². The number of nitrogens with zero attached hydrogens (tertiary/aromatic N) is 3. The lowest BCUT2D eigenvalue weighted by molar-refractivity contribution is 0.174. The highest BCUT2D eigenvalue weighted by atomic mass is 35.5. The Morgan fingerprint density at radius 2 is 1.22 bits per heavy atom. The molecule has 0 radical (unpaired) electrons. The van der Waals surface area contributed by atoms with Crippen LogP contribution in [0.25, 0.3) is 0 Å². The summed E-state index contributed by atoms with van der Waals surface area (Å²) in [5, 5.41) is 30.1. The van der Waals surface area contributed by atoms with Gasteiger partial charge in [-0.3, -0.25) is 0 Å². The van der Waals surface area contributed by atoms with Crippen LogP contribution >= 0.6 is 11.6 Å². The molecule has 1 aliphatic rings. The number of rotatable bonds is 9. The van der Waals surface area contributed by atoms with Crippen LogP contribution in [0.3, 0.4) is 0 Å². The highest BCUT2D eigenvalue weighted by molar-refractivity contribution is 7.86. The van der Waals surface area contributed by atoms with Crippen LogP contribution in [0.2, 0.25) is 5.28 Å². The van der Waals surface area contributed by atoms with Gasteiger partial charge in [0.2, 0.25) is 17.2 Å². The maximum absolute atomic E-state index is 12.2. The van der Waals surface area contributed by atoms with Crippen LogP contribution in [-0.4, -0.2) is 64.1 Å². The molecular formula is C29H21ClN7O11S3-3. The number of benzene rings is 4. The fourth-order valence-corrected chi connectivity index (χ4v) is 7.38. The minimum absolute atomic E-state index is 0.0409. The SMILES string of the molecule is Nc1c(S(=O)(=O)[O-])cc(Nc2ccc(S(=O)(=O)[O-])c(Nc3nc(Cl)nc(Nc4cccc(S(=O)(=O)[O-])c4)n3)c2)c2c1C(O)c1ccccc1C2O. The van der Waals surface area contributed by atoms with Crippen molar-refractivity contribution < 1.29 is 49.1 Å². The van der Waals surface area contributed by atoms with E-state index < -0.39 is 79.9 Å². The minimum Gasteiger partial charge on any atom is -0.744 e. The highest BCUT2D eigenvalue weighted by Crippen LogP contribution is 2.49. The number of nitrogens with one attached hydrogen (secondary N) is 3. The van der Waals surface area contributed by atoms with E-state index in [0.717, 1.165) is 36.4 Å². The molecule has 5 aromatic rings. The summed E-state index contributed by atoms with van der Waals surface area (Å²) in [7, 11) is -15.2. The van der Waals surface area contributed by atoms with Crippen LogP contribution in [0, 0.1) is 0 Å². The Kier molecular flexibility index (Phi) is 9.12. The van der Waals surface area contributed by atoms with Crippen molar-refractivity contribution in [3.63, 3.8) is 0 Å². The maximum Gasteiger partial charge on any atom is 0.233 e. The first-order chi connectivity index (χ1) is 23.8. The van der Waals surface area contributed by atoms with E-state index in [1.54, 1.807) is 12.1 Å². The lowest BCUT2D eigenvalue weighted by atomic mass is 9.80. The molecule has 1 heterocycles. The zero-order valence-electron chi connectivity index (χ0n) is 25.2. The van der Waals surface area contributed by atoms with Crippen molar-refractivity contribution >= 4 is 82.3 Å². The fraction of sp³-hybridized carbons (Fsp3) is 0.0690. The van der Waals surface area contributed by atoms with Gasteiger partial charge < -0.3 is 45.6 Å². The molecule has 22 heteroatoms. The fourth-order valence-electron chi connectivity index (χ4n) is 5.45. The number of nitrogen functional groups attached to an aromatic ring is 1. The topological polar surface area (TPSA) is 313 Å². The van der Waals surface area contributed by atoms with E-state index in [0.29, 0.717) is 0 Å². The Morgan fingerprint density at radius 3 is 1.82 bits per heavy atom. The van der Waals surface area contributed by atoms with Crippen LogP contribution in [0.1, 0.15) is 34.5 Å². The van der Waals surface area contributed by atoms with Gasteiger partial charge in [0.15, 0.2) is 0 Å². The molecule has 0 spiro atoms. The molecule has 0 bridgehead atoms. The lowest BCUT2D eigenvalue weighted by Gasteiger charge is -2.33. The maximum atomic E-state index is 12.2. The van der Waals surface area contributed by atoms with Crippen molar-refractivity contribution in [3.8, 4) is 0 Å². The van der Waals surface area contributed by atoms with Gasteiger partial charge in [-0.15, -0.1) is 0 Å². The van der Waals surface area contributed by atoms with Gasteiger partial charge in [-0.25, -0.2) is 25.3 Å². The monoisotopic (exact) mass is 774 g/mol. The van der Waals surface area contributed by atoms with E-state index in [2.05, 4.69) is 30.9 Å². The summed E-state index contributed by atoms with van der Waals surface area (Å²) in [5.74, 6) is -0.724. The third-order valence-electron chi connectivity index (χ3n) is 7.57. The number of nitrogens with two attached hydrogens (primary N) is 1. The van der Waals surface area contributed by atoms with E-state index in [-0.39, 0.29) is 45.3 Å². The van der Waals surface area contributed by atoms with E-state index in [9.17, 15) is 49.1 Å². The van der Waals surface area contributed by atoms with Crippen molar-refractivity contribution in [2.75, 3.05) is 21.7 Å². The molecule has 0 aliphatic heterocycles. The Morgan fingerprint density at radius 1 is 0.627 bits per heavy atom. The first kappa shape index (κ1) is 35.8. The second-order valence-corrected chi connectivity index (χ2v) is 15.2. The average Bonchev–Trinajstić information content (AvgIpc) is 3.02. The number of fused-ring (bicyclic) bond motifs is 2. The minimum atomic E-state index is -5.24. The largest absolute Gasteiger partial charge is 0.744 e. The van der Waals surface area contributed by atoms with Crippen LogP contribution < -0.4 is 21.7 Å². The van der Waals surface area contributed by atoms with Gasteiger partial charge in [0, 0.05) is 28.2 Å². The van der Waals surface area contributed by atoms with Crippen molar-refractivity contribution in [1.29, 1.82) is 0 Å². The van der Waals surface area contributed by atoms with Gasteiger partial charge in [-0.1, -0.05) is 30.3 Å². The van der Waals surface area contributed by atoms with Crippen LogP contribution in [0.15, 0.2) is 87.5 Å². The van der Waals surface area contributed by atoms with Crippen molar-refractivity contribution in [1.82, 2.24) is 15.0 Å². The average molecular weight is 775 g/mol. The molecular weight excluding hydrogens is 754 g/mol. The molecule has 1 aromatic heterocycles. The predicted octanol–water partition coefficient (Wildman–Crippen LogP) is 2.53. The summed E-state index contributed by atoms with van der Waals surface area (Å²) in [6, 6.07) is 14.8. The summed E-state index contributed by atoms with van der Waals surface area (Å²) < 4.78 is 108. The van der Waals surface area contributed by atoms with Crippen LogP contribution in [0.5, 0.6) is 0 Å². The summed E-state index contributed by atoms with van der Waals surface area (Å²) in [5.41, 5.74) is 4.97. The van der Waals surface area contributed by atoms with Gasteiger partial charge >= 0.3 is 0 Å². The van der Waals surface area contributed by atoms with E-state index >= 15 is 0 Å². The first-order valence-electron chi connectivity index (χ1n) is 14.1. The van der Waals surface area contributed by atoms with Crippen molar-refractivity contribution in [3.05, 3.63) is 100 Å². The molecule has 266 valence electrons. The first-order valence-corrected chi connectivity index (χ1v) is 18.7. The molecule has 0 fully saturated rings. The van der Waals surface area contributed by atoms with E-state index in [4.69, 9.17) is 17.3 Å². The molecule has 2 unspecified atom stereocenters. The Balaban J connectivity index is 1.42. The number of anilines is 7. The molecule has 0 saturated carbocycles. The summed E-state index contributed by atoms with van der Waals surface area (Å²) in [6.07, 6.45) is -3.05. The molecule has 7 N–H and O–H groups in total. The van der Waals surface area contributed by atoms with Gasteiger partial charge in [0.25, 0.3) is 0 Å². The molecule has 4 aromatic carbocycles. The Hall–Kier alpha value is -4.97. The Bertz CT molecular complexity index is 2580. The number of hydrogen-bond acceptors (Lipinski definition) is 18. The van der Waals surface area contributed by atoms with Crippen LogP contribution in [0.4, 0.5) is 40.3 Å². The smallest absolute Gasteiger partial charge is 0.233 e. The normalized spacial score (nSPS) is 15.8. The van der Waals surface area contributed by atoms with Gasteiger partial charge in [0.1, 0.15) is 42.6 Å². The summed E-state index contributed by atoms with van der Waals surface area (Å²) >= 11 is 6.04. The molecule has 6 rings (SSSR count). The van der Waals surface area contributed by atoms with Gasteiger partial charge in [-0.2, -0.15) is 15.0 Å². The third kappa shape index (κ3) is 7.28. The Labute approximate surface area is 294 Å². The summed E-state index contributed by atoms with van der Waals surface area (Å²) in [4.78, 5) is 9.49. The second-order valence-electron chi connectivity index (χ2n) is 10.8. The van der Waals surface area contributed by atoms with Crippen LogP contribution in [-0.2, 0) is 30.4 Å². The van der Waals surface area contributed by atoms with Gasteiger partial charge in [-0.05, 0) is 65.2 Å². The lowest BCUT2D eigenvalue weighted by Crippen LogP contribution is -2.22. The second kappa shape index (κ2) is 13.0. The predicted molar refractivity (Wildman–Crippen MR) is 177 cm³/mol. The van der Waals surface area contributed by atoms with E-state index in [1.165, 1.54) is 24.3 Å². The number of hydrogen-bond donors (Lipinski definition) is 6. The quantitative estimate of drug-likeness (QED) is 0.0925. The zero-order valence-corrected chi connectivity index (χ0v) is 28.4.